The van der Waals surface area contributed by atoms with Crippen molar-refractivity contribution < 1.29 is 5.11 Å². The Balaban J connectivity index is 2.36. The summed E-state index contributed by atoms with van der Waals surface area (Å²) in [6, 6.07) is 6.63. The third-order valence-electron chi connectivity index (χ3n) is 2.77. The van der Waals surface area contributed by atoms with Crippen LogP contribution in [0.2, 0.25) is 0 Å². The Hall–Kier alpha value is -0.510. The molecule has 0 aliphatic rings. The maximum atomic E-state index is 9.77. The zero-order valence-corrected chi connectivity index (χ0v) is 11.8. The van der Waals surface area contributed by atoms with Gasteiger partial charge in [-0.2, -0.15) is 11.8 Å². The number of benzene rings is 1. The summed E-state index contributed by atoms with van der Waals surface area (Å²) in [5.74, 6) is 1.94. The smallest absolute Gasteiger partial charge is 0.0749 e. The molecular weight excluding hydrogens is 230 g/mol. The Morgan fingerprint density at radius 2 is 1.82 bits per heavy atom. The van der Waals surface area contributed by atoms with Gasteiger partial charge in [0.1, 0.15) is 0 Å². The molecule has 96 valence electrons. The molecule has 0 radical (unpaired) electrons. The highest BCUT2D eigenvalue weighted by atomic mass is 32.2. The molecule has 1 rings (SSSR count). The average molecular weight is 253 g/mol. The summed E-state index contributed by atoms with van der Waals surface area (Å²) in [5.41, 5.74) is 8.76. The lowest BCUT2D eigenvalue weighted by atomic mass is 10.1. The molecule has 1 unspecified atom stereocenters. The summed E-state index contributed by atoms with van der Waals surface area (Å²) in [6.07, 6.45) is 0.749. The van der Waals surface area contributed by atoms with Crippen molar-refractivity contribution in [3.63, 3.8) is 0 Å². The molecule has 3 N–H and O–H groups in total. The molecule has 0 aliphatic heterocycles. The van der Waals surface area contributed by atoms with Gasteiger partial charge in [0.15, 0.2) is 0 Å². The molecule has 0 amide bonds. The van der Waals surface area contributed by atoms with Gasteiger partial charge in [0.2, 0.25) is 0 Å². The van der Waals surface area contributed by atoms with Gasteiger partial charge in [-0.3, -0.25) is 0 Å². The van der Waals surface area contributed by atoms with E-state index in [1.165, 1.54) is 16.7 Å². The normalized spacial score (nSPS) is 14.6. The number of nitrogens with two attached hydrogens (primary N) is 1. The maximum Gasteiger partial charge on any atom is 0.0749 e. The van der Waals surface area contributed by atoms with E-state index < -0.39 is 5.60 Å². The van der Waals surface area contributed by atoms with Gasteiger partial charge in [0.25, 0.3) is 0 Å². The van der Waals surface area contributed by atoms with E-state index in [1.54, 1.807) is 6.92 Å². The van der Waals surface area contributed by atoms with Crippen LogP contribution in [0.4, 0.5) is 0 Å². The fourth-order valence-electron chi connectivity index (χ4n) is 1.74. The first-order valence-corrected chi connectivity index (χ1v) is 7.16. The molecule has 0 saturated carbocycles. The van der Waals surface area contributed by atoms with E-state index in [-0.39, 0.29) is 0 Å². The second-order valence-corrected chi connectivity index (χ2v) is 6.10. The highest BCUT2D eigenvalue weighted by Gasteiger charge is 2.16. The molecular formula is C14H23NOS. The topological polar surface area (TPSA) is 46.2 Å². The lowest BCUT2D eigenvalue weighted by Gasteiger charge is -2.20. The minimum Gasteiger partial charge on any atom is -0.389 e. The van der Waals surface area contributed by atoms with E-state index in [2.05, 4.69) is 32.0 Å². The largest absolute Gasteiger partial charge is 0.389 e. The summed E-state index contributed by atoms with van der Waals surface area (Å²) in [7, 11) is 0. The Kier molecular flexibility index (Phi) is 5.50. The van der Waals surface area contributed by atoms with Gasteiger partial charge in [0.05, 0.1) is 5.60 Å². The van der Waals surface area contributed by atoms with Crippen molar-refractivity contribution in [3.8, 4) is 0 Å². The second kappa shape index (κ2) is 6.43. The Labute approximate surface area is 109 Å². The Bertz CT molecular complexity index is 343. The van der Waals surface area contributed by atoms with E-state index in [9.17, 15) is 5.11 Å². The fourth-order valence-corrected chi connectivity index (χ4v) is 2.87. The van der Waals surface area contributed by atoms with Crippen LogP contribution in [-0.2, 0) is 5.75 Å². The molecule has 0 spiro atoms. The highest BCUT2D eigenvalue weighted by Crippen LogP contribution is 2.19. The summed E-state index contributed by atoms with van der Waals surface area (Å²) in [5, 5.41) is 9.77. The molecule has 0 fully saturated rings. The van der Waals surface area contributed by atoms with Crippen LogP contribution in [0.15, 0.2) is 18.2 Å². The first-order valence-electron chi connectivity index (χ1n) is 6.00. The number of hydrogen-bond donors (Lipinski definition) is 2. The van der Waals surface area contributed by atoms with Crippen molar-refractivity contribution in [2.75, 3.05) is 12.3 Å². The second-order valence-electron chi connectivity index (χ2n) is 5.00. The fraction of sp³-hybridized carbons (Fsp3) is 0.571. The number of thioether (sulfide) groups is 1. The molecule has 1 atom stereocenters. The van der Waals surface area contributed by atoms with Gasteiger partial charge < -0.3 is 10.8 Å². The minimum absolute atomic E-state index is 0.330. The number of hydrogen-bond acceptors (Lipinski definition) is 3. The summed E-state index contributed by atoms with van der Waals surface area (Å²) in [6.45, 7) is 6.38. The predicted octanol–water partition coefficient (Wildman–Crippen LogP) is 2.64. The van der Waals surface area contributed by atoms with Gasteiger partial charge in [0, 0.05) is 12.3 Å². The van der Waals surface area contributed by atoms with E-state index in [4.69, 9.17) is 5.73 Å². The highest BCUT2D eigenvalue weighted by molar-refractivity contribution is 7.98. The Morgan fingerprint density at radius 1 is 1.24 bits per heavy atom. The SMILES string of the molecule is Cc1cc(C)cc(CSCCC(C)(O)CN)c1. The number of aryl methyl sites for hydroxylation is 2. The number of aliphatic hydroxyl groups is 1. The van der Waals surface area contributed by atoms with Crippen molar-refractivity contribution in [1.82, 2.24) is 0 Å². The van der Waals surface area contributed by atoms with E-state index in [0.29, 0.717) is 6.54 Å². The molecule has 0 bridgehead atoms. The average Bonchev–Trinajstić information content (AvgIpc) is 2.23. The molecule has 0 aliphatic carbocycles. The zero-order chi connectivity index (χ0) is 12.9. The molecule has 3 heteroatoms. The van der Waals surface area contributed by atoms with Crippen molar-refractivity contribution in [1.29, 1.82) is 0 Å². The van der Waals surface area contributed by atoms with Gasteiger partial charge in [-0.15, -0.1) is 0 Å². The molecule has 0 heterocycles. The van der Waals surface area contributed by atoms with Crippen molar-refractivity contribution in [3.05, 3.63) is 34.9 Å². The van der Waals surface area contributed by atoms with Crippen LogP contribution in [0.3, 0.4) is 0 Å². The molecule has 0 saturated heterocycles. The van der Waals surface area contributed by atoms with E-state index in [0.717, 1.165) is 17.9 Å². The standard InChI is InChI=1S/C14H23NOS/c1-11-6-12(2)8-13(7-11)9-17-5-4-14(3,16)10-15/h6-8,16H,4-5,9-10,15H2,1-3H3. The van der Waals surface area contributed by atoms with Crippen LogP contribution in [0.5, 0.6) is 0 Å². The van der Waals surface area contributed by atoms with E-state index >= 15 is 0 Å². The van der Waals surface area contributed by atoms with Crippen LogP contribution in [-0.4, -0.2) is 23.0 Å². The van der Waals surface area contributed by atoms with Crippen molar-refractivity contribution >= 4 is 11.8 Å². The lowest BCUT2D eigenvalue weighted by Crippen LogP contribution is -2.34. The van der Waals surface area contributed by atoms with Gasteiger partial charge in [-0.25, -0.2) is 0 Å². The summed E-state index contributed by atoms with van der Waals surface area (Å²) < 4.78 is 0. The molecule has 1 aromatic carbocycles. The van der Waals surface area contributed by atoms with Crippen LogP contribution in [0, 0.1) is 13.8 Å². The number of rotatable bonds is 6. The first-order chi connectivity index (χ1) is 7.93. The Morgan fingerprint density at radius 3 is 2.35 bits per heavy atom. The van der Waals surface area contributed by atoms with Crippen LogP contribution < -0.4 is 5.73 Å². The van der Waals surface area contributed by atoms with Gasteiger partial charge in [-0.05, 0) is 38.5 Å². The first kappa shape index (κ1) is 14.6. The molecule has 0 aromatic heterocycles. The van der Waals surface area contributed by atoms with Crippen LogP contribution >= 0.6 is 11.8 Å². The lowest BCUT2D eigenvalue weighted by molar-refractivity contribution is 0.0665. The summed E-state index contributed by atoms with van der Waals surface area (Å²) >= 11 is 1.85. The predicted molar refractivity (Wildman–Crippen MR) is 76.4 cm³/mol. The van der Waals surface area contributed by atoms with Crippen LogP contribution in [0.1, 0.15) is 30.0 Å². The third-order valence-corrected chi connectivity index (χ3v) is 3.81. The van der Waals surface area contributed by atoms with Crippen LogP contribution in [0.25, 0.3) is 0 Å². The monoisotopic (exact) mass is 253 g/mol. The van der Waals surface area contributed by atoms with Gasteiger partial charge in [-0.1, -0.05) is 29.3 Å². The summed E-state index contributed by atoms with van der Waals surface area (Å²) in [4.78, 5) is 0. The third kappa shape index (κ3) is 5.57. The minimum atomic E-state index is -0.713. The zero-order valence-electron chi connectivity index (χ0n) is 11.0. The van der Waals surface area contributed by atoms with Crippen molar-refractivity contribution in [2.45, 2.75) is 38.5 Å². The van der Waals surface area contributed by atoms with Crippen molar-refractivity contribution in [2.24, 2.45) is 5.73 Å². The molecule has 1 aromatic rings. The maximum absolute atomic E-state index is 9.77. The molecule has 2 nitrogen and oxygen atoms in total. The molecule has 17 heavy (non-hydrogen) atoms. The van der Waals surface area contributed by atoms with E-state index in [1.807, 2.05) is 11.8 Å². The quantitative estimate of drug-likeness (QED) is 0.766. The van der Waals surface area contributed by atoms with Gasteiger partial charge >= 0.3 is 0 Å².